The van der Waals surface area contributed by atoms with Crippen molar-refractivity contribution in [3.8, 4) is 0 Å². The number of thiophene rings is 1. The smallest absolute Gasteiger partial charge is 0.0931 e. The quantitative estimate of drug-likeness (QED) is 0.731. The fourth-order valence-corrected chi connectivity index (χ4v) is 3.72. The van der Waals surface area contributed by atoms with Gasteiger partial charge in [0.05, 0.1) is 15.8 Å². The number of alkyl halides is 1. The van der Waals surface area contributed by atoms with Crippen LogP contribution in [0.15, 0.2) is 12.1 Å². The first kappa shape index (κ1) is 11.7. The van der Waals surface area contributed by atoms with Crippen LogP contribution < -0.4 is 0 Å². The van der Waals surface area contributed by atoms with Gasteiger partial charge in [-0.1, -0.05) is 18.5 Å². The molecule has 15 heavy (non-hydrogen) atoms. The Bertz CT molecular complexity index is 326. The van der Waals surface area contributed by atoms with Gasteiger partial charge in [-0.2, -0.15) is 0 Å². The molecule has 1 aromatic rings. The zero-order chi connectivity index (χ0) is 10.8. The van der Waals surface area contributed by atoms with Crippen LogP contribution in [0.25, 0.3) is 0 Å². The van der Waals surface area contributed by atoms with Gasteiger partial charge in [0.15, 0.2) is 0 Å². The molecule has 0 aliphatic carbocycles. The van der Waals surface area contributed by atoms with Crippen LogP contribution >= 0.6 is 34.5 Å². The van der Waals surface area contributed by atoms with Crippen molar-refractivity contribution in [1.29, 1.82) is 0 Å². The molecule has 1 saturated heterocycles. The first-order valence-corrected chi connectivity index (χ1v) is 6.86. The fraction of sp³-hybridized carbons (Fsp3) is 0.636. The Morgan fingerprint density at radius 2 is 2.40 bits per heavy atom. The van der Waals surface area contributed by atoms with E-state index in [0.717, 1.165) is 28.7 Å². The molecule has 84 valence electrons. The van der Waals surface area contributed by atoms with Gasteiger partial charge >= 0.3 is 0 Å². The minimum absolute atomic E-state index is 0.0509. The highest BCUT2D eigenvalue weighted by Gasteiger charge is 2.33. The molecule has 1 fully saturated rings. The molecule has 2 rings (SSSR count). The Hall–Kier alpha value is 0.240. The lowest BCUT2D eigenvalue weighted by Crippen LogP contribution is -2.18. The summed E-state index contributed by atoms with van der Waals surface area (Å²) in [4.78, 5) is 1.16. The highest BCUT2D eigenvalue weighted by molar-refractivity contribution is 7.16. The van der Waals surface area contributed by atoms with Crippen LogP contribution in [0.2, 0.25) is 4.34 Å². The van der Waals surface area contributed by atoms with Crippen LogP contribution in [0.3, 0.4) is 0 Å². The predicted octanol–water partition coefficient (Wildman–Crippen LogP) is 4.50. The van der Waals surface area contributed by atoms with E-state index in [9.17, 15) is 0 Å². The number of ether oxygens (including phenoxy) is 1. The molecule has 1 nitrogen and oxygen atoms in total. The van der Waals surface area contributed by atoms with Crippen molar-refractivity contribution in [2.24, 2.45) is 5.92 Å². The van der Waals surface area contributed by atoms with Crippen molar-refractivity contribution >= 4 is 34.5 Å². The molecule has 3 atom stereocenters. The van der Waals surface area contributed by atoms with Crippen molar-refractivity contribution in [1.82, 2.24) is 0 Å². The van der Waals surface area contributed by atoms with E-state index < -0.39 is 0 Å². The van der Waals surface area contributed by atoms with E-state index >= 15 is 0 Å². The van der Waals surface area contributed by atoms with E-state index in [1.54, 1.807) is 11.3 Å². The first-order chi connectivity index (χ1) is 7.22. The summed E-state index contributed by atoms with van der Waals surface area (Å²) < 4.78 is 6.46. The number of hydrogen-bond donors (Lipinski definition) is 0. The van der Waals surface area contributed by atoms with E-state index in [1.165, 1.54) is 0 Å². The average Bonchev–Trinajstić information content (AvgIpc) is 2.84. The van der Waals surface area contributed by atoms with Crippen molar-refractivity contribution in [3.05, 3.63) is 21.3 Å². The second-order valence-electron chi connectivity index (χ2n) is 3.81. The van der Waals surface area contributed by atoms with Gasteiger partial charge in [0.1, 0.15) is 0 Å². The maximum atomic E-state index is 6.47. The van der Waals surface area contributed by atoms with Crippen molar-refractivity contribution in [2.45, 2.75) is 31.2 Å². The molecular weight excluding hydrogens is 251 g/mol. The van der Waals surface area contributed by atoms with Gasteiger partial charge < -0.3 is 4.74 Å². The largest absolute Gasteiger partial charge is 0.378 e. The molecule has 0 bridgehead atoms. The molecule has 1 aliphatic heterocycles. The molecule has 0 spiro atoms. The molecule has 0 aromatic carbocycles. The molecular formula is C11H14Cl2OS. The topological polar surface area (TPSA) is 9.23 Å². The molecule has 3 unspecified atom stereocenters. The molecule has 1 aromatic heterocycles. The second kappa shape index (κ2) is 5.05. The summed E-state index contributed by atoms with van der Waals surface area (Å²) in [5.41, 5.74) is 0. The normalized spacial score (nSPS) is 28.2. The summed E-state index contributed by atoms with van der Waals surface area (Å²) in [5.74, 6) is 0.436. The van der Waals surface area contributed by atoms with E-state index in [-0.39, 0.29) is 5.38 Å². The number of halogens is 2. The Kier molecular flexibility index (Phi) is 3.94. The van der Waals surface area contributed by atoms with Gasteiger partial charge in [-0.3, -0.25) is 0 Å². The Morgan fingerprint density at radius 1 is 1.60 bits per heavy atom. The minimum Gasteiger partial charge on any atom is -0.378 e. The monoisotopic (exact) mass is 264 g/mol. The van der Waals surface area contributed by atoms with Crippen LogP contribution in [0.4, 0.5) is 0 Å². The number of hydrogen-bond acceptors (Lipinski definition) is 2. The van der Waals surface area contributed by atoms with Gasteiger partial charge in [-0.25, -0.2) is 0 Å². The zero-order valence-electron chi connectivity index (χ0n) is 8.58. The summed E-state index contributed by atoms with van der Waals surface area (Å²) in [7, 11) is 0. The molecule has 2 heterocycles. The van der Waals surface area contributed by atoms with Gasteiger partial charge in [-0.05, 0) is 25.0 Å². The lowest BCUT2D eigenvalue weighted by molar-refractivity contribution is 0.0866. The van der Waals surface area contributed by atoms with Gasteiger partial charge in [0, 0.05) is 17.4 Å². The minimum atomic E-state index is 0.0509. The molecule has 0 amide bonds. The maximum Gasteiger partial charge on any atom is 0.0931 e. The molecule has 1 aliphatic rings. The third-order valence-corrected chi connectivity index (χ3v) is 4.91. The SMILES string of the molecule is CCC1OCCC1C(Cl)c1ccc(Cl)s1. The van der Waals surface area contributed by atoms with Gasteiger partial charge in [0.25, 0.3) is 0 Å². The van der Waals surface area contributed by atoms with Crippen LogP contribution in [0.1, 0.15) is 30.0 Å². The van der Waals surface area contributed by atoms with Gasteiger partial charge in [-0.15, -0.1) is 22.9 Å². The lowest BCUT2D eigenvalue weighted by atomic mass is 9.95. The predicted molar refractivity (Wildman–Crippen MR) is 66.1 cm³/mol. The summed E-state index contributed by atoms with van der Waals surface area (Å²) in [6.07, 6.45) is 2.41. The van der Waals surface area contributed by atoms with E-state index in [2.05, 4.69) is 6.92 Å². The molecule has 4 heteroatoms. The van der Waals surface area contributed by atoms with Crippen LogP contribution in [-0.2, 0) is 4.74 Å². The maximum absolute atomic E-state index is 6.47. The lowest BCUT2D eigenvalue weighted by Gasteiger charge is -2.20. The first-order valence-electron chi connectivity index (χ1n) is 5.23. The fourth-order valence-electron chi connectivity index (χ4n) is 2.11. The van der Waals surface area contributed by atoms with Gasteiger partial charge in [0.2, 0.25) is 0 Å². The Balaban J connectivity index is 2.10. The van der Waals surface area contributed by atoms with E-state index in [4.69, 9.17) is 27.9 Å². The Morgan fingerprint density at radius 3 is 3.00 bits per heavy atom. The highest BCUT2D eigenvalue weighted by atomic mass is 35.5. The summed E-state index contributed by atoms with van der Waals surface area (Å²) >= 11 is 14.0. The molecule has 0 radical (unpaired) electrons. The summed E-state index contributed by atoms with van der Waals surface area (Å²) in [5, 5.41) is 0.0509. The Labute approximate surface area is 104 Å². The van der Waals surface area contributed by atoms with Crippen molar-refractivity contribution in [2.75, 3.05) is 6.61 Å². The standard InChI is InChI=1S/C11H14Cl2OS/c1-2-8-7(5-6-14-8)11(13)9-3-4-10(12)15-9/h3-4,7-8,11H,2,5-6H2,1H3. The molecule has 0 saturated carbocycles. The van der Waals surface area contributed by atoms with Crippen LogP contribution in [0, 0.1) is 5.92 Å². The zero-order valence-corrected chi connectivity index (χ0v) is 10.9. The third kappa shape index (κ3) is 2.50. The summed E-state index contributed by atoms with van der Waals surface area (Å²) in [6, 6.07) is 3.93. The molecule has 0 N–H and O–H groups in total. The number of rotatable bonds is 3. The van der Waals surface area contributed by atoms with E-state index in [1.807, 2.05) is 12.1 Å². The van der Waals surface area contributed by atoms with Crippen molar-refractivity contribution in [3.63, 3.8) is 0 Å². The average molecular weight is 265 g/mol. The van der Waals surface area contributed by atoms with E-state index in [0.29, 0.717) is 12.0 Å². The van der Waals surface area contributed by atoms with Crippen LogP contribution in [-0.4, -0.2) is 12.7 Å². The summed E-state index contributed by atoms with van der Waals surface area (Å²) in [6.45, 7) is 2.99. The third-order valence-electron chi connectivity index (χ3n) is 2.90. The second-order valence-corrected chi connectivity index (χ2v) is 6.03. The van der Waals surface area contributed by atoms with Crippen molar-refractivity contribution < 1.29 is 4.74 Å². The highest BCUT2D eigenvalue weighted by Crippen LogP contribution is 2.42. The van der Waals surface area contributed by atoms with Crippen LogP contribution in [0.5, 0.6) is 0 Å².